The van der Waals surface area contributed by atoms with Crippen LogP contribution < -0.4 is 10.2 Å². The minimum atomic E-state index is -1.01. The normalized spacial score (nSPS) is 12.1. The molecule has 0 unspecified atom stereocenters. The van der Waals surface area contributed by atoms with Crippen molar-refractivity contribution in [1.29, 1.82) is 0 Å². The van der Waals surface area contributed by atoms with Gasteiger partial charge in [0.05, 0.1) is 24.2 Å². The molecular weight excluding hydrogens is 394 g/mol. The molecule has 0 saturated carbocycles. The van der Waals surface area contributed by atoms with E-state index < -0.39 is 5.97 Å². The van der Waals surface area contributed by atoms with Crippen molar-refractivity contribution < 1.29 is 19.5 Å². The van der Waals surface area contributed by atoms with Crippen LogP contribution in [0, 0.1) is 12.8 Å². The molecule has 0 amide bonds. The Balaban J connectivity index is 2.55. The van der Waals surface area contributed by atoms with Crippen LogP contribution in [0.25, 0.3) is 0 Å². The first-order valence-corrected chi connectivity index (χ1v) is 10.4. The third-order valence-corrected chi connectivity index (χ3v) is 4.70. The van der Waals surface area contributed by atoms with E-state index >= 15 is 0 Å². The van der Waals surface area contributed by atoms with E-state index in [1.165, 1.54) is 5.17 Å². The van der Waals surface area contributed by atoms with Gasteiger partial charge < -0.3 is 15.3 Å². The van der Waals surface area contributed by atoms with Crippen molar-refractivity contribution in [1.82, 2.24) is 5.17 Å². The molecule has 2 aromatic rings. The number of hydroxylamine groups is 1. The zero-order valence-electron chi connectivity index (χ0n) is 19.0. The zero-order chi connectivity index (χ0) is 23.1. The molecule has 2 rings (SSSR count). The van der Waals surface area contributed by atoms with Crippen molar-refractivity contribution in [2.24, 2.45) is 11.0 Å². The molecule has 0 radical (unpaired) electrons. The second-order valence-corrected chi connectivity index (χ2v) is 7.73. The average Bonchev–Trinajstić information content (AvgIpc) is 2.72. The number of aromatic carboxylic acids is 1. The van der Waals surface area contributed by atoms with Crippen LogP contribution in [0.3, 0.4) is 0 Å². The summed E-state index contributed by atoms with van der Waals surface area (Å²) in [5, 5.41) is 18.3. The van der Waals surface area contributed by atoms with E-state index in [1.54, 1.807) is 37.5 Å². The Kier molecular flexibility index (Phi) is 8.19. The highest BCUT2D eigenvalue weighted by atomic mass is 16.7. The van der Waals surface area contributed by atoms with Crippen molar-refractivity contribution in [3.8, 4) is 5.75 Å². The number of carbonyl (C=O) groups excluding carboxylic acids is 1. The second-order valence-electron chi connectivity index (χ2n) is 7.73. The fraction of sp³-hybridized carbons (Fsp3) is 0.375. The van der Waals surface area contributed by atoms with Gasteiger partial charge in [0.2, 0.25) is 0 Å². The third-order valence-electron chi connectivity index (χ3n) is 4.70. The van der Waals surface area contributed by atoms with Crippen molar-refractivity contribution in [2.75, 3.05) is 12.4 Å². The number of rotatable bonds is 10. The number of para-hydroxylation sites is 1. The maximum atomic E-state index is 13.0. The summed E-state index contributed by atoms with van der Waals surface area (Å²) in [7, 11) is 1.66. The van der Waals surface area contributed by atoms with E-state index in [-0.39, 0.29) is 23.3 Å². The average molecular weight is 426 g/mol. The number of carboxylic acids is 1. The van der Waals surface area contributed by atoms with Crippen LogP contribution in [-0.2, 0) is 0 Å². The van der Waals surface area contributed by atoms with Gasteiger partial charge in [-0.2, -0.15) is 5.10 Å². The SMILES string of the molecule is CC/C=N\N(C)Oc1c(C(=O)C(C)C)cc(C)cc1[C@@H](C)Nc1ccccc1C(=O)O. The number of hydrogen-bond acceptors (Lipinski definition) is 6. The summed E-state index contributed by atoms with van der Waals surface area (Å²) in [4.78, 5) is 30.5. The van der Waals surface area contributed by atoms with Gasteiger partial charge >= 0.3 is 5.97 Å². The fourth-order valence-corrected chi connectivity index (χ4v) is 3.18. The van der Waals surface area contributed by atoms with E-state index in [0.29, 0.717) is 17.0 Å². The fourth-order valence-electron chi connectivity index (χ4n) is 3.18. The lowest BCUT2D eigenvalue weighted by molar-refractivity contribution is -0.0307. The van der Waals surface area contributed by atoms with Crippen molar-refractivity contribution in [3.63, 3.8) is 0 Å². The molecule has 7 nitrogen and oxygen atoms in total. The maximum absolute atomic E-state index is 13.0. The van der Waals surface area contributed by atoms with Gasteiger partial charge in [-0.3, -0.25) is 4.79 Å². The molecule has 0 aliphatic rings. The molecule has 0 saturated heterocycles. The molecular formula is C24H31N3O4. The molecule has 166 valence electrons. The summed E-state index contributed by atoms with van der Waals surface area (Å²) in [5.74, 6) is -0.850. The van der Waals surface area contributed by atoms with Crippen LogP contribution in [0.4, 0.5) is 5.69 Å². The summed E-state index contributed by atoms with van der Waals surface area (Å²) >= 11 is 0. The van der Waals surface area contributed by atoms with Crippen LogP contribution in [0.5, 0.6) is 5.75 Å². The van der Waals surface area contributed by atoms with Gasteiger partial charge in [-0.25, -0.2) is 4.79 Å². The van der Waals surface area contributed by atoms with E-state index in [2.05, 4.69) is 10.4 Å². The number of hydrazone groups is 1. The molecule has 0 aromatic heterocycles. The number of ketones is 1. The predicted molar refractivity (Wildman–Crippen MR) is 123 cm³/mol. The highest BCUT2D eigenvalue weighted by Crippen LogP contribution is 2.35. The number of Topliss-reactive ketones (excluding diaryl/α,β-unsaturated/α-hetero) is 1. The van der Waals surface area contributed by atoms with Crippen LogP contribution in [0.15, 0.2) is 41.5 Å². The molecule has 7 heteroatoms. The summed E-state index contributed by atoms with van der Waals surface area (Å²) in [6.45, 7) is 9.48. The van der Waals surface area contributed by atoms with Crippen LogP contribution >= 0.6 is 0 Å². The minimum absolute atomic E-state index is 0.0362. The topological polar surface area (TPSA) is 91.2 Å². The first-order valence-electron chi connectivity index (χ1n) is 10.4. The number of aryl methyl sites for hydroxylation is 1. The predicted octanol–water partition coefficient (Wildman–Crippen LogP) is 5.33. The smallest absolute Gasteiger partial charge is 0.337 e. The Bertz CT molecular complexity index is 969. The van der Waals surface area contributed by atoms with Gasteiger partial charge in [0.15, 0.2) is 11.5 Å². The monoisotopic (exact) mass is 425 g/mol. The van der Waals surface area contributed by atoms with E-state index in [1.807, 2.05) is 46.8 Å². The Morgan fingerprint density at radius 2 is 1.87 bits per heavy atom. The Morgan fingerprint density at radius 1 is 1.19 bits per heavy atom. The number of hydrogen-bond donors (Lipinski definition) is 2. The number of anilines is 1. The third kappa shape index (κ3) is 6.07. The lowest BCUT2D eigenvalue weighted by atomic mass is 9.93. The minimum Gasteiger partial charge on any atom is -0.478 e. The van der Waals surface area contributed by atoms with Crippen LogP contribution in [0.2, 0.25) is 0 Å². The maximum Gasteiger partial charge on any atom is 0.337 e. The summed E-state index contributed by atoms with van der Waals surface area (Å²) in [6, 6.07) is 10.1. The lowest BCUT2D eigenvalue weighted by Gasteiger charge is -2.25. The number of benzene rings is 2. The molecule has 0 spiro atoms. The molecule has 0 aliphatic carbocycles. The quantitative estimate of drug-likeness (QED) is 0.304. The molecule has 0 bridgehead atoms. The van der Waals surface area contributed by atoms with Crippen molar-refractivity contribution in [2.45, 2.75) is 47.1 Å². The van der Waals surface area contributed by atoms with Crippen LogP contribution in [0.1, 0.15) is 72.0 Å². The van der Waals surface area contributed by atoms with Gasteiger partial charge in [-0.1, -0.05) is 39.0 Å². The molecule has 1 atom stereocenters. The molecule has 2 N–H and O–H groups in total. The number of nitrogens with zero attached hydrogens (tertiary/aromatic N) is 2. The van der Waals surface area contributed by atoms with E-state index in [9.17, 15) is 14.7 Å². The van der Waals surface area contributed by atoms with Gasteiger partial charge in [-0.05, 0) is 44.0 Å². The highest BCUT2D eigenvalue weighted by Gasteiger charge is 2.24. The number of nitrogens with one attached hydrogen (secondary N) is 1. The number of carboxylic acid groups (broad SMARTS) is 1. The summed E-state index contributed by atoms with van der Waals surface area (Å²) in [5.41, 5.74) is 2.79. The van der Waals surface area contributed by atoms with Crippen molar-refractivity contribution >= 4 is 23.7 Å². The Morgan fingerprint density at radius 3 is 2.48 bits per heavy atom. The molecule has 0 fully saturated rings. The van der Waals surface area contributed by atoms with Gasteiger partial charge in [0, 0.05) is 23.4 Å². The second kappa shape index (κ2) is 10.6. The van der Waals surface area contributed by atoms with Gasteiger partial charge in [-0.15, -0.1) is 5.17 Å². The highest BCUT2D eigenvalue weighted by molar-refractivity contribution is 6.00. The first kappa shape index (κ1) is 23.9. The number of carbonyl (C=O) groups is 2. The van der Waals surface area contributed by atoms with Gasteiger partial charge in [0.1, 0.15) is 0 Å². The zero-order valence-corrected chi connectivity index (χ0v) is 19.0. The van der Waals surface area contributed by atoms with Gasteiger partial charge in [0.25, 0.3) is 0 Å². The summed E-state index contributed by atoms with van der Waals surface area (Å²) < 4.78 is 0. The Labute approximate surface area is 183 Å². The van der Waals surface area contributed by atoms with E-state index in [0.717, 1.165) is 17.5 Å². The molecule has 0 heterocycles. The van der Waals surface area contributed by atoms with E-state index in [4.69, 9.17) is 4.84 Å². The standard InChI is InChI=1S/C24H31N3O4/c1-7-12-25-27(6)31-23-19(13-16(4)14-20(23)22(28)15(2)3)17(5)26-21-11-9-8-10-18(21)24(29)30/h8-15,17,26H,7H2,1-6H3,(H,29,30)/b25-12-/t17-/m1/s1. The molecule has 2 aromatic carbocycles. The first-order chi connectivity index (χ1) is 14.6. The molecule has 31 heavy (non-hydrogen) atoms. The molecule has 0 aliphatic heterocycles. The summed E-state index contributed by atoms with van der Waals surface area (Å²) in [6.07, 6.45) is 2.46. The Hall–Kier alpha value is -3.35. The van der Waals surface area contributed by atoms with Crippen molar-refractivity contribution in [3.05, 3.63) is 58.7 Å². The lowest BCUT2D eigenvalue weighted by Crippen LogP contribution is -2.22. The largest absolute Gasteiger partial charge is 0.478 e. The van der Waals surface area contributed by atoms with Crippen LogP contribution in [-0.4, -0.2) is 35.3 Å².